The lowest BCUT2D eigenvalue weighted by molar-refractivity contribution is -0.115. The summed E-state index contributed by atoms with van der Waals surface area (Å²) in [6.07, 6.45) is 0. The van der Waals surface area contributed by atoms with Gasteiger partial charge in [-0.15, -0.1) is 13.2 Å². The van der Waals surface area contributed by atoms with Crippen LogP contribution in [0.5, 0.6) is 0 Å². The van der Waals surface area contributed by atoms with Gasteiger partial charge in [0.15, 0.2) is 0 Å². The molecule has 0 unspecified atom stereocenters. The van der Waals surface area contributed by atoms with E-state index in [1.807, 2.05) is 0 Å². The lowest BCUT2D eigenvalue weighted by Crippen LogP contribution is -2.18. The summed E-state index contributed by atoms with van der Waals surface area (Å²) in [5.74, 6) is -0.269. The first-order valence-electron chi connectivity index (χ1n) is 3.32. The molecule has 0 bridgehead atoms. The van der Waals surface area contributed by atoms with Crippen LogP contribution in [-0.4, -0.2) is 11.1 Å². The molecule has 0 spiro atoms. The van der Waals surface area contributed by atoms with Crippen LogP contribution in [0.1, 0.15) is 13.8 Å². The molecule has 1 rings (SSSR count). The van der Waals surface area contributed by atoms with E-state index in [9.17, 15) is 9.59 Å². The van der Waals surface area contributed by atoms with Gasteiger partial charge < -0.3 is 0 Å². The molecule has 0 aromatic rings. The van der Waals surface area contributed by atoms with E-state index in [1.54, 1.807) is 13.8 Å². The standard InChI is InChI=1S/C6H7NO2S.C2H4/c1-3(2)4-5(8)7-6(9)10-4;1-2/h1-2H3,(H,7,8,9);1-2H2. The monoisotopic (exact) mass is 185 g/mol. The van der Waals surface area contributed by atoms with Gasteiger partial charge in [-0.1, -0.05) is 5.57 Å². The summed E-state index contributed by atoms with van der Waals surface area (Å²) in [4.78, 5) is 21.9. The molecule has 1 saturated heterocycles. The van der Waals surface area contributed by atoms with Crippen molar-refractivity contribution in [2.24, 2.45) is 0 Å². The minimum atomic E-state index is -0.277. The first kappa shape index (κ1) is 11.0. The second-order valence-corrected chi connectivity index (χ2v) is 3.16. The number of carbonyl (C=O) groups is 2. The number of allylic oxidation sites excluding steroid dienone is 1. The van der Waals surface area contributed by atoms with Crippen LogP contribution in [0.25, 0.3) is 0 Å². The predicted molar refractivity (Wildman–Crippen MR) is 50.8 cm³/mol. The zero-order valence-electron chi connectivity index (χ0n) is 7.14. The molecule has 0 aromatic carbocycles. The Labute approximate surface area is 75.9 Å². The Morgan fingerprint density at radius 1 is 1.33 bits per heavy atom. The summed E-state index contributed by atoms with van der Waals surface area (Å²) < 4.78 is 0. The highest BCUT2D eigenvalue weighted by molar-refractivity contribution is 8.18. The third-order valence-electron chi connectivity index (χ3n) is 1.07. The van der Waals surface area contributed by atoms with E-state index >= 15 is 0 Å². The van der Waals surface area contributed by atoms with E-state index in [4.69, 9.17) is 0 Å². The molecule has 1 N–H and O–H groups in total. The minimum absolute atomic E-state index is 0.269. The number of thioether (sulfide) groups is 1. The molecule has 1 aliphatic heterocycles. The fraction of sp³-hybridized carbons (Fsp3) is 0.250. The van der Waals surface area contributed by atoms with Crippen molar-refractivity contribution in [3.8, 4) is 0 Å². The molecular weight excluding hydrogens is 174 g/mol. The van der Waals surface area contributed by atoms with E-state index in [0.29, 0.717) is 4.91 Å². The van der Waals surface area contributed by atoms with Crippen molar-refractivity contribution in [1.82, 2.24) is 5.32 Å². The first-order valence-corrected chi connectivity index (χ1v) is 4.13. The fourth-order valence-corrected chi connectivity index (χ4v) is 1.32. The van der Waals surface area contributed by atoms with Crippen LogP contribution in [0.2, 0.25) is 0 Å². The Morgan fingerprint density at radius 2 is 1.83 bits per heavy atom. The maximum absolute atomic E-state index is 10.8. The maximum atomic E-state index is 10.8. The van der Waals surface area contributed by atoms with Crippen LogP contribution in [0.4, 0.5) is 4.79 Å². The molecule has 1 aliphatic rings. The summed E-state index contributed by atoms with van der Waals surface area (Å²) in [5, 5.41) is 1.90. The van der Waals surface area contributed by atoms with Crippen molar-refractivity contribution in [2.75, 3.05) is 0 Å². The Balaban J connectivity index is 0.000000561. The molecule has 0 aromatic heterocycles. The highest BCUT2D eigenvalue weighted by Gasteiger charge is 2.25. The molecule has 0 radical (unpaired) electrons. The number of rotatable bonds is 0. The summed E-state index contributed by atoms with van der Waals surface area (Å²) in [5.41, 5.74) is 0.883. The SMILES string of the molecule is C=C.CC(C)=C1SC(=O)NC1=O. The molecule has 0 aliphatic carbocycles. The van der Waals surface area contributed by atoms with Crippen molar-refractivity contribution >= 4 is 22.9 Å². The predicted octanol–water partition coefficient (Wildman–Crippen LogP) is 2.07. The van der Waals surface area contributed by atoms with E-state index in [1.165, 1.54) is 0 Å². The van der Waals surface area contributed by atoms with Gasteiger partial charge in [0.05, 0.1) is 4.91 Å². The van der Waals surface area contributed by atoms with Crippen molar-refractivity contribution in [3.05, 3.63) is 23.6 Å². The molecule has 4 heteroatoms. The number of carbonyl (C=O) groups excluding carboxylic acids is 2. The Hall–Kier alpha value is -1.03. The molecular formula is C8H11NO2S. The minimum Gasteiger partial charge on any atom is -0.282 e. The first-order chi connectivity index (χ1) is 5.61. The third-order valence-corrected chi connectivity index (χ3v) is 2.16. The van der Waals surface area contributed by atoms with Crippen molar-refractivity contribution < 1.29 is 9.59 Å². The Morgan fingerprint density at radius 3 is 2.00 bits per heavy atom. The van der Waals surface area contributed by atoms with Crippen LogP contribution in [0.15, 0.2) is 23.6 Å². The van der Waals surface area contributed by atoms with Crippen molar-refractivity contribution in [1.29, 1.82) is 0 Å². The maximum Gasteiger partial charge on any atom is 0.290 e. The van der Waals surface area contributed by atoms with Gasteiger partial charge in [0.25, 0.3) is 11.1 Å². The zero-order chi connectivity index (χ0) is 9.72. The van der Waals surface area contributed by atoms with Gasteiger partial charge in [-0.25, -0.2) is 0 Å². The molecule has 12 heavy (non-hydrogen) atoms. The number of hydrogen-bond acceptors (Lipinski definition) is 3. The van der Waals surface area contributed by atoms with Gasteiger partial charge in [0.2, 0.25) is 0 Å². The molecule has 2 amide bonds. The summed E-state index contributed by atoms with van der Waals surface area (Å²) in [7, 11) is 0. The zero-order valence-corrected chi connectivity index (χ0v) is 7.96. The van der Waals surface area contributed by atoms with Gasteiger partial charge >= 0.3 is 0 Å². The lowest BCUT2D eigenvalue weighted by atomic mass is 10.3. The molecule has 1 heterocycles. The fourth-order valence-electron chi connectivity index (χ4n) is 0.643. The van der Waals surface area contributed by atoms with Gasteiger partial charge in [-0.05, 0) is 25.6 Å². The van der Waals surface area contributed by atoms with E-state index in [2.05, 4.69) is 18.5 Å². The van der Waals surface area contributed by atoms with E-state index in [0.717, 1.165) is 17.3 Å². The van der Waals surface area contributed by atoms with Crippen molar-refractivity contribution in [2.45, 2.75) is 13.8 Å². The molecule has 0 saturated carbocycles. The highest BCUT2D eigenvalue weighted by atomic mass is 32.2. The quantitative estimate of drug-likeness (QED) is 0.464. The van der Waals surface area contributed by atoms with Crippen molar-refractivity contribution in [3.63, 3.8) is 0 Å². The number of imide groups is 1. The number of amides is 2. The summed E-state index contributed by atoms with van der Waals surface area (Å²) >= 11 is 0.962. The molecule has 66 valence electrons. The highest BCUT2D eigenvalue weighted by Crippen LogP contribution is 2.25. The molecule has 0 atom stereocenters. The van der Waals surface area contributed by atoms with Gasteiger partial charge in [-0.2, -0.15) is 0 Å². The van der Waals surface area contributed by atoms with Crippen LogP contribution < -0.4 is 5.32 Å². The van der Waals surface area contributed by atoms with Crippen LogP contribution in [-0.2, 0) is 4.79 Å². The summed E-state index contributed by atoms with van der Waals surface area (Å²) in [6, 6.07) is 0. The second kappa shape index (κ2) is 4.77. The van der Waals surface area contributed by atoms with Gasteiger partial charge in [0, 0.05) is 0 Å². The Kier molecular flexibility index (Phi) is 4.36. The average molecular weight is 185 g/mol. The van der Waals surface area contributed by atoms with Gasteiger partial charge in [-0.3, -0.25) is 14.9 Å². The van der Waals surface area contributed by atoms with Crippen LogP contribution in [0.3, 0.4) is 0 Å². The average Bonchev–Trinajstić information content (AvgIpc) is 2.34. The normalized spacial score (nSPS) is 15.0. The Bertz CT molecular complexity index is 241. The second-order valence-electron chi connectivity index (χ2n) is 2.17. The number of nitrogens with one attached hydrogen (secondary N) is 1. The van der Waals surface area contributed by atoms with Crippen LogP contribution >= 0.6 is 11.8 Å². The topological polar surface area (TPSA) is 46.2 Å². The van der Waals surface area contributed by atoms with E-state index in [-0.39, 0.29) is 11.1 Å². The van der Waals surface area contributed by atoms with Gasteiger partial charge in [0.1, 0.15) is 0 Å². The number of hydrogen-bond donors (Lipinski definition) is 1. The van der Waals surface area contributed by atoms with Crippen LogP contribution in [0, 0.1) is 0 Å². The smallest absolute Gasteiger partial charge is 0.282 e. The molecule has 1 fully saturated rings. The summed E-state index contributed by atoms with van der Waals surface area (Å²) in [6.45, 7) is 9.61. The lowest BCUT2D eigenvalue weighted by Gasteiger charge is -1.90. The third kappa shape index (κ3) is 2.54. The van der Waals surface area contributed by atoms with E-state index < -0.39 is 0 Å². The largest absolute Gasteiger partial charge is 0.290 e. The molecule has 3 nitrogen and oxygen atoms in total.